The fourth-order valence-corrected chi connectivity index (χ4v) is 5.40. The van der Waals surface area contributed by atoms with Crippen molar-refractivity contribution in [2.24, 2.45) is 0 Å². The number of aliphatic hydroxyl groups is 4. The Bertz CT molecular complexity index is 1930. The number of anilines is 2. The largest absolute Gasteiger partial charge is 0.394 e. The average molecular weight is 585 g/mol. The molecule has 0 bridgehead atoms. The molecule has 2 aliphatic heterocycles. The minimum atomic E-state index is -1.49. The molecular weight excluding hydrogens is 562 g/mol. The Morgan fingerprint density at radius 1 is 0.857 bits per heavy atom. The number of rotatable bonds is 5. The summed E-state index contributed by atoms with van der Waals surface area (Å²) >= 11 is 0. The Morgan fingerprint density at radius 3 is 2.00 bits per heavy atom. The van der Waals surface area contributed by atoms with Crippen LogP contribution in [0.5, 0.6) is 0 Å². The van der Waals surface area contributed by atoms with E-state index in [9.17, 15) is 30.0 Å². The van der Waals surface area contributed by atoms with Crippen molar-refractivity contribution < 1.29 is 29.9 Å². The molecule has 7 rings (SSSR count). The molecule has 0 aromatic carbocycles. The first-order valence-electron chi connectivity index (χ1n) is 12.5. The summed E-state index contributed by atoms with van der Waals surface area (Å²) in [6.07, 6.45) is -5.04. The molecule has 7 heterocycles. The fourth-order valence-electron chi connectivity index (χ4n) is 5.40. The van der Waals surface area contributed by atoms with Crippen LogP contribution in [-0.2, 0) is 9.47 Å². The van der Waals surface area contributed by atoms with Gasteiger partial charge in [0.2, 0.25) is 11.9 Å². The first kappa shape index (κ1) is 26.1. The highest BCUT2D eigenvalue weighted by atomic mass is 16.6. The molecule has 0 amide bonds. The number of nitrogens with two attached hydrogens (primary N) is 2. The van der Waals surface area contributed by atoms with Gasteiger partial charge in [-0.25, -0.2) is 14.6 Å². The number of H-pyrrole nitrogens is 2. The summed E-state index contributed by atoms with van der Waals surface area (Å²) in [5, 5.41) is 51.0. The van der Waals surface area contributed by atoms with Crippen LogP contribution in [-0.4, -0.2) is 105 Å². The first-order chi connectivity index (χ1) is 20.2. The maximum Gasteiger partial charge on any atom is 0.280 e. The summed E-state index contributed by atoms with van der Waals surface area (Å²) in [7, 11) is 0. The molecular formula is C21H23N13O8. The molecule has 0 aliphatic carbocycles. The van der Waals surface area contributed by atoms with Crippen molar-refractivity contribution in [3.8, 4) is 0 Å². The van der Waals surface area contributed by atoms with E-state index in [1.54, 1.807) is 0 Å². The van der Waals surface area contributed by atoms with Crippen molar-refractivity contribution >= 4 is 34.2 Å². The van der Waals surface area contributed by atoms with E-state index in [2.05, 4.69) is 40.2 Å². The lowest BCUT2D eigenvalue weighted by Crippen LogP contribution is -2.31. The van der Waals surface area contributed by atoms with Gasteiger partial charge in [-0.05, 0) is 0 Å². The minimum Gasteiger partial charge on any atom is -0.394 e. The third kappa shape index (κ3) is 3.79. The highest BCUT2D eigenvalue weighted by Gasteiger charge is 2.49. The van der Waals surface area contributed by atoms with Crippen molar-refractivity contribution in [2.75, 3.05) is 18.1 Å². The standard InChI is InChI=1S/C21H23N13O8/c22-20-26-14-7(16(39)28-20)24-3-32(14)18-10(36)9(6(2-35)41-18)34-1-5(30-31-34)13-11(37)12(38)19(42-13)33-4-25-8-15(33)27-21(23)29-17(8)40/h1,3-4,6,9-13,18-19,35-38H,2H2,(H3,22,26,28,39)(H3,23,27,29,40)/t6-,9-,10-,11+,12-,13-,18-,19-/m1/s1. The van der Waals surface area contributed by atoms with Crippen molar-refractivity contribution in [3.05, 3.63) is 45.3 Å². The van der Waals surface area contributed by atoms with E-state index in [-0.39, 0.29) is 39.9 Å². The van der Waals surface area contributed by atoms with Gasteiger partial charge in [-0.3, -0.25) is 28.7 Å². The van der Waals surface area contributed by atoms with Crippen LogP contribution in [0.15, 0.2) is 28.4 Å². The number of ether oxygens (including phenoxy) is 2. The Kier molecular flexibility index (Phi) is 5.83. The average Bonchev–Trinajstić information content (AvgIpc) is 3.76. The van der Waals surface area contributed by atoms with Gasteiger partial charge in [0, 0.05) is 0 Å². The SMILES string of the molecule is Nc1nc2c(ncn2[C@@H]2O[C@H](c3cn([C@H]4[C@@H](O)[C@H](n5cnc6c(=O)[nH]c(N)nc65)O[C@@H]4CO)nn3)[C@@H](O)[C@H]2O)c(=O)[nH]1. The summed E-state index contributed by atoms with van der Waals surface area (Å²) in [4.78, 5) is 45.2. The number of hydrogen-bond donors (Lipinski definition) is 8. The van der Waals surface area contributed by atoms with Crippen molar-refractivity contribution in [2.45, 2.75) is 49.0 Å². The molecule has 0 spiro atoms. The molecule has 21 nitrogen and oxygen atoms in total. The van der Waals surface area contributed by atoms with E-state index in [1.807, 2.05) is 0 Å². The first-order valence-corrected chi connectivity index (χ1v) is 12.5. The minimum absolute atomic E-state index is 0.0271. The monoisotopic (exact) mass is 585 g/mol. The van der Waals surface area contributed by atoms with E-state index >= 15 is 0 Å². The normalized spacial score (nSPS) is 29.7. The van der Waals surface area contributed by atoms with Crippen molar-refractivity contribution in [1.29, 1.82) is 0 Å². The van der Waals surface area contributed by atoms with E-state index < -0.39 is 66.7 Å². The van der Waals surface area contributed by atoms with Gasteiger partial charge in [-0.15, -0.1) is 5.10 Å². The zero-order valence-electron chi connectivity index (χ0n) is 21.2. The van der Waals surface area contributed by atoms with Gasteiger partial charge in [-0.1, -0.05) is 5.21 Å². The summed E-state index contributed by atoms with van der Waals surface area (Å²) in [5.41, 5.74) is 10.3. The number of aliphatic hydroxyl groups excluding tert-OH is 4. The van der Waals surface area contributed by atoms with Crippen molar-refractivity contribution in [1.82, 2.24) is 54.0 Å². The Labute approximate surface area is 231 Å². The van der Waals surface area contributed by atoms with E-state index in [0.717, 1.165) is 0 Å². The summed E-state index contributed by atoms with van der Waals surface area (Å²) in [5.74, 6) is -0.339. The third-order valence-electron chi connectivity index (χ3n) is 7.33. The zero-order chi connectivity index (χ0) is 29.4. The highest BCUT2D eigenvalue weighted by Crippen LogP contribution is 2.41. The molecule has 2 saturated heterocycles. The number of nitrogen functional groups attached to an aromatic ring is 2. The Balaban J connectivity index is 1.18. The maximum absolute atomic E-state index is 12.2. The second-order valence-corrected chi connectivity index (χ2v) is 9.83. The number of aromatic amines is 2. The smallest absolute Gasteiger partial charge is 0.280 e. The van der Waals surface area contributed by atoms with Gasteiger partial charge < -0.3 is 41.4 Å². The maximum atomic E-state index is 12.2. The lowest BCUT2D eigenvalue weighted by Gasteiger charge is -2.19. The molecule has 42 heavy (non-hydrogen) atoms. The van der Waals surface area contributed by atoms with Gasteiger partial charge in [-0.2, -0.15) is 9.97 Å². The molecule has 220 valence electrons. The van der Waals surface area contributed by atoms with Crippen LogP contribution < -0.4 is 22.6 Å². The highest BCUT2D eigenvalue weighted by molar-refractivity contribution is 5.71. The van der Waals surface area contributed by atoms with E-state index in [4.69, 9.17) is 20.9 Å². The van der Waals surface area contributed by atoms with Crippen LogP contribution >= 0.6 is 0 Å². The topological polar surface area (TPSA) is 309 Å². The van der Waals surface area contributed by atoms with E-state index in [1.165, 1.54) is 32.7 Å². The zero-order valence-corrected chi connectivity index (χ0v) is 21.2. The van der Waals surface area contributed by atoms with Gasteiger partial charge >= 0.3 is 0 Å². The van der Waals surface area contributed by atoms with Crippen LogP contribution in [0.4, 0.5) is 11.9 Å². The van der Waals surface area contributed by atoms with Crippen LogP contribution in [0.2, 0.25) is 0 Å². The lowest BCUT2D eigenvalue weighted by molar-refractivity contribution is -0.0492. The lowest BCUT2D eigenvalue weighted by atomic mass is 10.1. The second-order valence-electron chi connectivity index (χ2n) is 9.83. The Morgan fingerprint density at radius 2 is 1.43 bits per heavy atom. The Hall–Kier alpha value is -4.80. The predicted molar refractivity (Wildman–Crippen MR) is 136 cm³/mol. The molecule has 10 N–H and O–H groups in total. The number of nitrogens with one attached hydrogen (secondary N) is 2. The van der Waals surface area contributed by atoms with Crippen LogP contribution in [0.1, 0.15) is 30.3 Å². The van der Waals surface area contributed by atoms with Crippen molar-refractivity contribution in [3.63, 3.8) is 0 Å². The molecule has 8 atom stereocenters. The molecule has 2 fully saturated rings. The number of fused-ring (bicyclic) bond motifs is 2. The van der Waals surface area contributed by atoms with Gasteiger partial charge in [0.15, 0.2) is 34.8 Å². The summed E-state index contributed by atoms with van der Waals surface area (Å²) in [6, 6.07) is -0.992. The predicted octanol–water partition coefficient (Wildman–Crippen LogP) is -4.21. The molecule has 2 aliphatic rings. The molecule has 5 aromatic rings. The number of imidazole rings is 2. The molecule has 0 unspecified atom stereocenters. The molecule has 0 saturated carbocycles. The quantitative estimate of drug-likeness (QED) is 0.0969. The van der Waals surface area contributed by atoms with Crippen LogP contribution in [0, 0.1) is 0 Å². The fraction of sp³-hybridized carbons (Fsp3) is 0.429. The van der Waals surface area contributed by atoms with Gasteiger partial charge in [0.25, 0.3) is 11.1 Å². The number of nitrogens with zero attached hydrogens (tertiary/aromatic N) is 9. The van der Waals surface area contributed by atoms with Gasteiger partial charge in [0.05, 0.1) is 25.5 Å². The number of hydrogen-bond acceptors (Lipinski definition) is 16. The third-order valence-corrected chi connectivity index (χ3v) is 7.33. The second kappa shape index (κ2) is 9.37. The number of aromatic nitrogens is 11. The molecule has 0 radical (unpaired) electrons. The molecule has 5 aromatic heterocycles. The van der Waals surface area contributed by atoms with Gasteiger partial charge in [0.1, 0.15) is 42.3 Å². The van der Waals surface area contributed by atoms with E-state index in [0.29, 0.717) is 0 Å². The van der Waals surface area contributed by atoms with Crippen LogP contribution in [0.25, 0.3) is 22.3 Å². The summed E-state index contributed by atoms with van der Waals surface area (Å²) in [6.45, 7) is -0.525. The summed E-state index contributed by atoms with van der Waals surface area (Å²) < 4.78 is 15.6. The van der Waals surface area contributed by atoms with Crippen LogP contribution in [0.3, 0.4) is 0 Å². The molecule has 21 heteroatoms.